The molecule has 0 aliphatic carbocycles. The summed E-state index contributed by atoms with van der Waals surface area (Å²) in [6, 6.07) is 20.8. The van der Waals surface area contributed by atoms with Gasteiger partial charge in [-0.15, -0.1) is 5.10 Å². The van der Waals surface area contributed by atoms with E-state index in [1.54, 1.807) is 49.6 Å². The Morgan fingerprint density at radius 2 is 1.71 bits per heavy atom. The standard InChI is InChI=1S/C25H22N4O5/c1-33-18-13-10-17(11-14-18)12-15-23(30)26-21-8-4-3-7-20(21)25(32)34-16-29-24(31)19-6-2-5-9-22(19)27-28-29/h2-11,13-14H,12,15-16H2,1H3,(H,26,30). The van der Waals surface area contributed by atoms with Gasteiger partial charge >= 0.3 is 5.97 Å². The number of aryl methyl sites for hydroxylation is 1. The molecule has 0 unspecified atom stereocenters. The zero-order chi connectivity index (χ0) is 23.9. The quantitative estimate of drug-likeness (QED) is 0.404. The Hall–Kier alpha value is -4.53. The molecule has 0 spiro atoms. The van der Waals surface area contributed by atoms with E-state index in [-0.39, 0.29) is 17.9 Å². The van der Waals surface area contributed by atoms with Crippen molar-refractivity contribution in [1.29, 1.82) is 0 Å². The second kappa shape index (κ2) is 10.4. The lowest BCUT2D eigenvalue weighted by Gasteiger charge is -2.11. The Labute approximate surface area is 194 Å². The third-order valence-electron chi connectivity index (χ3n) is 5.17. The van der Waals surface area contributed by atoms with E-state index in [0.717, 1.165) is 16.0 Å². The molecule has 1 amide bonds. The number of ether oxygens (including phenoxy) is 2. The van der Waals surface area contributed by atoms with E-state index in [0.29, 0.717) is 23.0 Å². The number of amides is 1. The highest BCUT2D eigenvalue weighted by molar-refractivity contribution is 6.01. The normalized spacial score (nSPS) is 10.6. The monoisotopic (exact) mass is 458 g/mol. The summed E-state index contributed by atoms with van der Waals surface area (Å²) in [4.78, 5) is 37.7. The van der Waals surface area contributed by atoms with Crippen LogP contribution in [-0.2, 0) is 22.7 Å². The highest BCUT2D eigenvalue weighted by Crippen LogP contribution is 2.18. The van der Waals surface area contributed by atoms with Crippen LogP contribution in [0.25, 0.3) is 10.9 Å². The van der Waals surface area contributed by atoms with Crippen molar-refractivity contribution in [2.75, 3.05) is 12.4 Å². The summed E-state index contributed by atoms with van der Waals surface area (Å²) >= 11 is 0. The van der Waals surface area contributed by atoms with Gasteiger partial charge < -0.3 is 14.8 Å². The zero-order valence-electron chi connectivity index (χ0n) is 18.4. The molecule has 0 fully saturated rings. The molecule has 9 nitrogen and oxygen atoms in total. The topological polar surface area (TPSA) is 112 Å². The Morgan fingerprint density at radius 1 is 0.971 bits per heavy atom. The van der Waals surface area contributed by atoms with E-state index in [2.05, 4.69) is 15.6 Å². The number of fused-ring (bicyclic) bond motifs is 1. The maximum atomic E-state index is 12.7. The maximum absolute atomic E-state index is 12.7. The zero-order valence-corrected chi connectivity index (χ0v) is 18.4. The number of aromatic nitrogens is 3. The van der Waals surface area contributed by atoms with Gasteiger partial charge in [-0.05, 0) is 48.4 Å². The summed E-state index contributed by atoms with van der Waals surface area (Å²) in [6.07, 6.45) is 0.768. The van der Waals surface area contributed by atoms with Gasteiger partial charge in [0.15, 0.2) is 6.73 Å². The molecule has 0 saturated carbocycles. The minimum Gasteiger partial charge on any atom is -0.497 e. The molecule has 1 heterocycles. The van der Waals surface area contributed by atoms with Crippen molar-refractivity contribution >= 4 is 28.5 Å². The lowest BCUT2D eigenvalue weighted by molar-refractivity contribution is -0.116. The van der Waals surface area contributed by atoms with Gasteiger partial charge in [0.2, 0.25) is 5.91 Å². The molecule has 0 radical (unpaired) electrons. The Balaban J connectivity index is 1.39. The predicted octanol–water partition coefficient (Wildman–Crippen LogP) is 3.19. The molecular weight excluding hydrogens is 436 g/mol. The smallest absolute Gasteiger partial charge is 0.342 e. The molecule has 4 aromatic rings. The van der Waals surface area contributed by atoms with Gasteiger partial charge in [-0.3, -0.25) is 9.59 Å². The van der Waals surface area contributed by atoms with E-state index in [4.69, 9.17) is 9.47 Å². The van der Waals surface area contributed by atoms with Crippen LogP contribution in [0.5, 0.6) is 5.75 Å². The van der Waals surface area contributed by atoms with Crippen LogP contribution >= 0.6 is 0 Å². The average molecular weight is 458 g/mol. The largest absolute Gasteiger partial charge is 0.497 e. The highest BCUT2D eigenvalue weighted by Gasteiger charge is 2.16. The van der Waals surface area contributed by atoms with Gasteiger partial charge in [-0.1, -0.05) is 41.6 Å². The molecule has 0 atom stereocenters. The van der Waals surface area contributed by atoms with E-state index in [9.17, 15) is 14.4 Å². The number of nitrogens with one attached hydrogen (secondary N) is 1. The van der Waals surface area contributed by atoms with E-state index >= 15 is 0 Å². The van der Waals surface area contributed by atoms with Gasteiger partial charge in [0.25, 0.3) is 5.56 Å². The second-order valence-electron chi connectivity index (χ2n) is 7.41. The van der Waals surface area contributed by atoms with Crippen LogP contribution in [0.3, 0.4) is 0 Å². The first-order valence-electron chi connectivity index (χ1n) is 10.6. The van der Waals surface area contributed by atoms with Gasteiger partial charge in [-0.25, -0.2) is 4.79 Å². The molecule has 1 N–H and O–H groups in total. The minimum atomic E-state index is -0.701. The number of para-hydroxylation sites is 1. The first-order chi connectivity index (χ1) is 16.5. The third kappa shape index (κ3) is 5.26. The van der Waals surface area contributed by atoms with Gasteiger partial charge in [0.1, 0.15) is 11.3 Å². The Morgan fingerprint density at radius 3 is 2.50 bits per heavy atom. The molecule has 4 rings (SSSR count). The predicted molar refractivity (Wildman–Crippen MR) is 126 cm³/mol. The van der Waals surface area contributed by atoms with E-state index in [1.807, 2.05) is 24.3 Å². The molecule has 0 aliphatic rings. The molecule has 0 saturated heterocycles. The van der Waals surface area contributed by atoms with Gasteiger partial charge in [-0.2, -0.15) is 4.68 Å². The number of hydrogen-bond donors (Lipinski definition) is 1. The number of anilines is 1. The van der Waals surface area contributed by atoms with Crippen LogP contribution < -0.4 is 15.6 Å². The van der Waals surface area contributed by atoms with Crippen molar-refractivity contribution in [3.63, 3.8) is 0 Å². The van der Waals surface area contributed by atoms with Crippen LogP contribution in [0.15, 0.2) is 77.6 Å². The van der Waals surface area contributed by atoms with Crippen molar-refractivity contribution in [3.8, 4) is 5.75 Å². The lowest BCUT2D eigenvalue weighted by Crippen LogP contribution is -2.26. The number of benzene rings is 3. The van der Waals surface area contributed by atoms with E-state index < -0.39 is 18.3 Å². The van der Waals surface area contributed by atoms with Crippen molar-refractivity contribution in [2.24, 2.45) is 0 Å². The van der Waals surface area contributed by atoms with Crippen molar-refractivity contribution in [3.05, 3.63) is 94.3 Å². The molecule has 9 heteroatoms. The van der Waals surface area contributed by atoms with Gasteiger partial charge in [0, 0.05) is 6.42 Å². The minimum absolute atomic E-state index is 0.169. The number of carbonyl (C=O) groups excluding carboxylic acids is 2. The third-order valence-corrected chi connectivity index (χ3v) is 5.17. The molecule has 3 aromatic carbocycles. The summed E-state index contributed by atoms with van der Waals surface area (Å²) < 4.78 is 11.4. The first kappa shape index (κ1) is 22.7. The maximum Gasteiger partial charge on any atom is 0.342 e. The fourth-order valence-corrected chi connectivity index (χ4v) is 3.34. The van der Waals surface area contributed by atoms with Crippen molar-refractivity contribution in [1.82, 2.24) is 15.0 Å². The number of hydrogen-bond acceptors (Lipinski definition) is 7. The molecule has 172 valence electrons. The summed E-state index contributed by atoms with van der Waals surface area (Å²) in [6.45, 7) is -0.407. The number of nitrogens with zero attached hydrogens (tertiary/aromatic N) is 3. The average Bonchev–Trinajstić information content (AvgIpc) is 2.87. The van der Waals surface area contributed by atoms with Crippen LogP contribution in [0.1, 0.15) is 22.3 Å². The fourth-order valence-electron chi connectivity index (χ4n) is 3.34. The van der Waals surface area contributed by atoms with Crippen molar-refractivity contribution < 1.29 is 19.1 Å². The summed E-state index contributed by atoms with van der Waals surface area (Å²) in [7, 11) is 1.60. The Kier molecular flexibility index (Phi) is 6.92. The van der Waals surface area contributed by atoms with Crippen LogP contribution in [0, 0.1) is 0 Å². The summed E-state index contributed by atoms with van der Waals surface area (Å²) in [5.41, 5.74) is 1.52. The first-order valence-corrected chi connectivity index (χ1v) is 10.6. The van der Waals surface area contributed by atoms with Crippen molar-refractivity contribution in [2.45, 2.75) is 19.6 Å². The summed E-state index contributed by atoms with van der Waals surface area (Å²) in [5, 5.41) is 10.9. The molecule has 1 aromatic heterocycles. The highest BCUT2D eigenvalue weighted by atomic mass is 16.5. The molecule has 34 heavy (non-hydrogen) atoms. The number of carbonyl (C=O) groups is 2. The van der Waals surface area contributed by atoms with Crippen LogP contribution in [0.2, 0.25) is 0 Å². The summed E-state index contributed by atoms with van der Waals surface area (Å²) in [5.74, 6) is -0.196. The molecular formula is C25H22N4O5. The van der Waals surface area contributed by atoms with Crippen LogP contribution in [-0.4, -0.2) is 34.0 Å². The number of methoxy groups -OCH3 is 1. The second-order valence-corrected chi connectivity index (χ2v) is 7.41. The van der Waals surface area contributed by atoms with Gasteiger partial charge in [0.05, 0.1) is 23.7 Å². The SMILES string of the molecule is COc1ccc(CCC(=O)Nc2ccccc2C(=O)OCn2nnc3ccccc3c2=O)cc1. The van der Waals surface area contributed by atoms with E-state index in [1.165, 1.54) is 6.07 Å². The molecule has 0 aliphatic heterocycles. The Bertz CT molecular complexity index is 1380. The molecule has 0 bridgehead atoms. The lowest BCUT2D eigenvalue weighted by atomic mass is 10.1. The number of esters is 1. The van der Waals surface area contributed by atoms with Crippen LogP contribution in [0.4, 0.5) is 5.69 Å². The number of rotatable bonds is 8. The fraction of sp³-hybridized carbons (Fsp3) is 0.160.